The first kappa shape index (κ1) is 22.6. The van der Waals surface area contributed by atoms with E-state index in [1.807, 2.05) is 24.3 Å². The predicted octanol–water partition coefficient (Wildman–Crippen LogP) is 7.29. The maximum Gasteiger partial charge on any atom is 0.348 e. The van der Waals surface area contributed by atoms with Crippen LogP contribution in [0.25, 0.3) is 22.3 Å². The van der Waals surface area contributed by atoms with Crippen molar-refractivity contribution >= 4 is 5.97 Å². The lowest BCUT2D eigenvalue weighted by Crippen LogP contribution is -2.33. The average molecular weight is 426 g/mol. The molecule has 0 radical (unpaired) electrons. The smallest absolute Gasteiger partial charge is 0.348 e. The van der Waals surface area contributed by atoms with Crippen molar-refractivity contribution in [1.82, 2.24) is 0 Å². The van der Waals surface area contributed by atoms with Crippen molar-refractivity contribution in [2.24, 2.45) is 0 Å². The zero-order valence-electron chi connectivity index (χ0n) is 17.8. The van der Waals surface area contributed by atoms with E-state index in [2.05, 4.69) is 6.92 Å². The number of benzene rings is 3. The van der Waals surface area contributed by atoms with Crippen molar-refractivity contribution < 1.29 is 22.7 Å². The summed E-state index contributed by atoms with van der Waals surface area (Å²) in [5.41, 5.74) is 0.871. The van der Waals surface area contributed by atoms with E-state index in [0.717, 1.165) is 30.0 Å². The summed E-state index contributed by atoms with van der Waals surface area (Å²) in [7, 11) is 0. The highest BCUT2D eigenvalue weighted by Gasteiger charge is 2.33. The van der Waals surface area contributed by atoms with Gasteiger partial charge in [0.2, 0.25) is 5.67 Å². The van der Waals surface area contributed by atoms with E-state index in [9.17, 15) is 18.0 Å². The van der Waals surface area contributed by atoms with Gasteiger partial charge in [0.05, 0.1) is 0 Å². The lowest BCUT2D eigenvalue weighted by Gasteiger charge is -2.18. The fourth-order valence-electron chi connectivity index (χ4n) is 3.27. The zero-order valence-corrected chi connectivity index (χ0v) is 17.8. The summed E-state index contributed by atoms with van der Waals surface area (Å²) < 4.78 is 48.0. The molecule has 0 amide bonds. The number of hydrogen-bond donors (Lipinski definition) is 0. The molecule has 0 spiro atoms. The molecule has 0 aliphatic heterocycles. The molecule has 0 bridgehead atoms. The Morgan fingerprint density at radius 3 is 2.29 bits per heavy atom. The number of carbonyl (C=O) groups is 1. The monoisotopic (exact) mass is 426 g/mol. The van der Waals surface area contributed by atoms with E-state index in [1.54, 1.807) is 19.1 Å². The Hall–Kier alpha value is -3.08. The Balaban J connectivity index is 2.11. The molecule has 2 nitrogen and oxygen atoms in total. The van der Waals surface area contributed by atoms with Gasteiger partial charge >= 0.3 is 5.97 Å². The summed E-state index contributed by atoms with van der Waals surface area (Å²) >= 11 is 0. The van der Waals surface area contributed by atoms with Crippen molar-refractivity contribution in [3.8, 4) is 28.0 Å². The third-order valence-electron chi connectivity index (χ3n) is 5.34. The summed E-state index contributed by atoms with van der Waals surface area (Å²) in [6, 6.07) is 16.3. The molecule has 31 heavy (non-hydrogen) atoms. The lowest BCUT2D eigenvalue weighted by atomic mass is 9.93. The first-order valence-electron chi connectivity index (χ1n) is 10.4. The lowest BCUT2D eigenvalue weighted by molar-refractivity contribution is -0.146. The predicted molar refractivity (Wildman–Crippen MR) is 117 cm³/mol. The Morgan fingerprint density at radius 1 is 0.935 bits per heavy atom. The summed E-state index contributed by atoms with van der Waals surface area (Å²) in [6.45, 7) is 4.81. The van der Waals surface area contributed by atoms with Gasteiger partial charge in [-0.25, -0.2) is 18.0 Å². The number of rotatable bonds is 7. The van der Waals surface area contributed by atoms with Crippen LogP contribution >= 0.6 is 0 Å². The van der Waals surface area contributed by atoms with Crippen molar-refractivity contribution in [2.75, 3.05) is 0 Å². The van der Waals surface area contributed by atoms with Gasteiger partial charge in [-0.05, 0) is 66.3 Å². The highest BCUT2D eigenvalue weighted by molar-refractivity contribution is 5.86. The highest BCUT2D eigenvalue weighted by Crippen LogP contribution is 2.37. The van der Waals surface area contributed by atoms with Gasteiger partial charge in [0.1, 0.15) is 5.75 Å². The van der Waals surface area contributed by atoms with Gasteiger partial charge in [-0.1, -0.05) is 56.7 Å². The number of hydrogen-bond acceptors (Lipinski definition) is 2. The van der Waals surface area contributed by atoms with Crippen LogP contribution in [0.1, 0.15) is 39.2 Å². The Bertz CT molecular complexity index is 1070. The second-order valence-electron chi connectivity index (χ2n) is 7.70. The minimum atomic E-state index is -2.12. The van der Waals surface area contributed by atoms with Crippen molar-refractivity contribution in [3.05, 3.63) is 77.9 Å². The molecule has 1 atom stereocenters. The maximum absolute atomic E-state index is 14.6. The molecule has 0 saturated carbocycles. The van der Waals surface area contributed by atoms with Crippen LogP contribution in [0.4, 0.5) is 13.2 Å². The van der Waals surface area contributed by atoms with Crippen molar-refractivity contribution in [3.63, 3.8) is 0 Å². The van der Waals surface area contributed by atoms with Crippen LogP contribution in [0.2, 0.25) is 0 Å². The number of esters is 1. The average Bonchev–Trinajstić information content (AvgIpc) is 2.76. The third-order valence-corrected chi connectivity index (χ3v) is 5.34. The fourth-order valence-corrected chi connectivity index (χ4v) is 3.27. The molecule has 0 saturated heterocycles. The summed E-state index contributed by atoms with van der Waals surface area (Å²) in [4.78, 5) is 12.2. The number of aryl methyl sites for hydroxylation is 1. The first-order valence-corrected chi connectivity index (χ1v) is 10.4. The van der Waals surface area contributed by atoms with Crippen molar-refractivity contribution in [1.29, 1.82) is 0 Å². The molecule has 3 aromatic carbocycles. The Morgan fingerprint density at radius 2 is 1.65 bits per heavy atom. The van der Waals surface area contributed by atoms with Crippen LogP contribution in [-0.4, -0.2) is 11.6 Å². The normalized spacial score (nSPS) is 13.0. The molecule has 3 rings (SSSR count). The molecular weight excluding hydrogens is 401 g/mol. The molecule has 0 fully saturated rings. The van der Waals surface area contributed by atoms with Crippen molar-refractivity contribution in [2.45, 2.75) is 45.7 Å². The molecule has 1 unspecified atom stereocenters. The maximum atomic E-state index is 14.6. The molecule has 0 heterocycles. The molecular formula is C26H25F3O2. The summed E-state index contributed by atoms with van der Waals surface area (Å²) in [5, 5.41) is 0. The molecule has 0 N–H and O–H groups in total. The Kier molecular flexibility index (Phi) is 6.84. The molecule has 0 aromatic heterocycles. The summed E-state index contributed by atoms with van der Waals surface area (Å²) in [6.07, 6.45) is 1.91. The molecule has 0 aliphatic rings. The van der Waals surface area contributed by atoms with Crippen LogP contribution in [0.3, 0.4) is 0 Å². The van der Waals surface area contributed by atoms with E-state index in [-0.39, 0.29) is 17.7 Å². The minimum absolute atomic E-state index is 0.0236. The highest BCUT2D eigenvalue weighted by atomic mass is 19.2. The molecule has 3 aromatic rings. The minimum Gasteiger partial charge on any atom is -0.424 e. The van der Waals surface area contributed by atoms with Crippen LogP contribution in [-0.2, 0) is 11.2 Å². The molecule has 162 valence electrons. The van der Waals surface area contributed by atoms with E-state index < -0.39 is 23.3 Å². The number of halogens is 3. The second-order valence-corrected chi connectivity index (χ2v) is 7.70. The topological polar surface area (TPSA) is 26.3 Å². The summed E-state index contributed by atoms with van der Waals surface area (Å²) in [5.74, 6) is -2.77. The largest absolute Gasteiger partial charge is 0.424 e. The second kappa shape index (κ2) is 9.38. The van der Waals surface area contributed by atoms with E-state index in [0.29, 0.717) is 11.1 Å². The Labute approximate surface area is 180 Å². The zero-order chi connectivity index (χ0) is 22.6. The van der Waals surface area contributed by atoms with Crippen LogP contribution < -0.4 is 4.74 Å². The van der Waals surface area contributed by atoms with Crippen LogP contribution in [0, 0.1) is 11.6 Å². The van der Waals surface area contributed by atoms with Crippen LogP contribution in [0.5, 0.6) is 5.75 Å². The standard InChI is InChI=1S/C26H25F3O2/c1-4-7-17-10-12-18(13-11-17)22-16-19(31-25(30)26(3,29)5-2)14-15-20(22)21-8-6-9-23(27)24(21)28/h6,8-16H,4-5,7H2,1-3H3. The number of alkyl halides is 1. The van der Waals surface area contributed by atoms with E-state index in [1.165, 1.54) is 25.1 Å². The first-order chi connectivity index (χ1) is 14.8. The number of carbonyl (C=O) groups excluding carboxylic acids is 1. The SMILES string of the molecule is CCCc1ccc(-c2cc(OC(=O)C(C)(F)CC)ccc2-c2cccc(F)c2F)cc1. The quantitative estimate of drug-likeness (QED) is 0.293. The van der Waals surface area contributed by atoms with Crippen LogP contribution in [0.15, 0.2) is 60.7 Å². The van der Waals surface area contributed by atoms with Gasteiger partial charge in [-0.2, -0.15) is 0 Å². The van der Waals surface area contributed by atoms with Gasteiger partial charge in [-0.3, -0.25) is 0 Å². The molecule has 0 aliphatic carbocycles. The van der Waals surface area contributed by atoms with Gasteiger partial charge in [0.25, 0.3) is 0 Å². The van der Waals surface area contributed by atoms with Gasteiger partial charge in [0.15, 0.2) is 11.6 Å². The van der Waals surface area contributed by atoms with Gasteiger partial charge in [-0.15, -0.1) is 0 Å². The number of ether oxygens (including phenoxy) is 1. The fraction of sp³-hybridized carbons (Fsp3) is 0.269. The van der Waals surface area contributed by atoms with E-state index in [4.69, 9.17) is 4.74 Å². The van der Waals surface area contributed by atoms with Gasteiger partial charge in [0, 0.05) is 5.56 Å². The van der Waals surface area contributed by atoms with Gasteiger partial charge < -0.3 is 4.74 Å². The third kappa shape index (κ3) is 4.98. The molecule has 5 heteroatoms. The van der Waals surface area contributed by atoms with E-state index >= 15 is 0 Å².